The molecule has 0 spiro atoms. The van der Waals surface area contributed by atoms with E-state index in [9.17, 15) is 0 Å². The Morgan fingerprint density at radius 3 is 2.54 bits per heavy atom. The molecule has 0 aromatic heterocycles. The van der Waals surface area contributed by atoms with Gasteiger partial charge in [0, 0.05) is 0 Å². The molecule has 1 rings (SSSR count). The minimum absolute atomic E-state index is 0.633. The number of hydrogen-bond acceptors (Lipinski definition) is 3. The minimum atomic E-state index is 0.633. The van der Waals surface area contributed by atoms with Crippen LogP contribution in [0.4, 0.5) is 0 Å². The third-order valence-corrected chi connectivity index (χ3v) is 1.59. The van der Waals surface area contributed by atoms with Crippen LogP contribution in [0.25, 0.3) is 5.70 Å². The van der Waals surface area contributed by atoms with Gasteiger partial charge in [0.25, 0.3) is 0 Å². The fourth-order valence-electron chi connectivity index (χ4n) is 0.928. The summed E-state index contributed by atoms with van der Waals surface area (Å²) in [5.41, 5.74) is 4.83. The molecular weight excluding hydrogens is 164 g/mol. The lowest BCUT2D eigenvalue weighted by molar-refractivity contribution is 0.137. The Morgan fingerprint density at radius 1 is 1.46 bits per heavy atom. The molecule has 0 saturated carbocycles. The molecule has 0 amide bonds. The van der Waals surface area contributed by atoms with Crippen LogP contribution in [0.2, 0.25) is 0 Å². The van der Waals surface area contributed by atoms with Crippen molar-refractivity contribution in [2.24, 2.45) is 0 Å². The van der Waals surface area contributed by atoms with Gasteiger partial charge in [0.2, 0.25) is 0 Å². The quantitative estimate of drug-likeness (QED) is 0.709. The molecular formula is C10H10N2O. The molecule has 66 valence electrons. The Labute approximate surface area is 77.2 Å². The third-order valence-electron chi connectivity index (χ3n) is 1.59. The van der Waals surface area contributed by atoms with Gasteiger partial charge in [0.05, 0.1) is 24.4 Å². The van der Waals surface area contributed by atoms with Crippen molar-refractivity contribution < 1.29 is 4.84 Å². The van der Waals surface area contributed by atoms with Crippen LogP contribution in [0.5, 0.6) is 0 Å². The Balaban J connectivity index is 2.81. The van der Waals surface area contributed by atoms with Crippen molar-refractivity contribution >= 4 is 5.70 Å². The van der Waals surface area contributed by atoms with Crippen molar-refractivity contribution in [3.05, 3.63) is 42.0 Å². The highest BCUT2D eigenvalue weighted by Gasteiger charge is 1.96. The minimum Gasteiger partial charge on any atom is -0.279 e. The predicted molar refractivity (Wildman–Crippen MR) is 50.3 cm³/mol. The van der Waals surface area contributed by atoms with Gasteiger partial charge in [-0.15, -0.1) is 0 Å². The Bertz CT molecular complexity index is 335. The summed E-state index contributed by atoms with van der Waals surface area (Å²) in [6.07, 6.45) is 0. The first-order valence-corrected chi connectivity index (χ1v) is 3.76. The van der Waals surface area contributed by atoms with E-state index in [1.807, 2.05) is 18.2 Å². The molecule has 0 atom stereocenters. The number of hydroxylamine groups is 1. The van der Waals surface area contributed by atoms with E-state index in [-0.39, 0.29) is 0 Å². The molecule has 0 saturated heterocycles. The maximum absolute atomic E-state index is 8.56. The first-order valence-electron chi connectivity index (χ1n) is 3.76. The van der Waals surface area contributed by atoms with Gasteiger partial charge in [-0.2, -0.15) is 5.26 Å². The highest BCUT2D eigenvalue weighted by molar-refractivity contribution is 5.61. The van der Waals surface area contributed by atoms with Crippen LogP contribution in [0.15, 0.2) is 30.8 Å². The standard InChI is InChI=1S/C10H10N2O/c1-8(12-13-2)10-5-3-9(7-11)4-6-10/h3-6,12H,1H2,2H3. The number of nitrogens with one attached hydrogen (secondary N) is 1. The maximum atomic E-state index is 8.56. The van der Waals surface area contributed by atoms with E-state index < -0.39 is 0 Å². The molecule has 1 N–H and O–H groups in total. The molecule has 0 unspecified atom stereocenters. The van der Waals surface area contributed by atoms with Crippen LogP contribution in [0, 0.1) is 11.3 Å². The van der Waals surface area contributed by atoms with Crippen LogP contribution in [0.1, 0.15) is 11.1 Å². The van der Waals surface area contributed by atoms with Crippen LogP contribution in [-0.2, 0) is 4.84 Å². The molecule has 0 bridgehead atoms. The summed E-state index contributed by atoms with van der Waals surface area (Å²) in [5.74, 6) is 0. The van der Waals surface area contributed by atoms with Gasteiger partial charge in [0.15, 0.2) is 0 Å². The molecule has 0 radical (unpaired) electrons. The summed E-state index contributed by atoms with van der Waals surface area (Å²) in [4.78, 5) is 4.70. The molecule has 0 fully saturated rings. The maximum Gasteiger partial charge on any atom is 0.0991 e. The van der Waals surface area contributed by atoms with E-state index in [0.717, 1.165) is 5.56 Å². The van der Waals surface area contributed by atoms with Gasteiger partial charge < -0.3 is 0 Å². The first-order chi connectivity index (χ1) is 6.27. The van der Waals surface area contributed by atoms with Crippen molar-refractivity contribution in [2.75, 3.05) is 7.11 Å². The summed E-state index contributed by atoms with van der Waals surface area (Å²) >= 11 is 0. The Morgan fingerprint density at radius 2 is 2.08 bits per heavy atom. The number of hydrogen-bond donors (Lipinski definition) is 1. The topological polar surface area (TPSA) is 45.0 Å². The molecule has 0 aliphatic rings. The molecule has 0 heterocycles. The van der Waals surface area contributed by atoms with Crippen molar-refractivity contribution in [1.29, 1.82) is 5.26 Å². The van der Waals surface area contributed by atoms with Crippen LogP contribution >= 0.6 is 0 Å². The average Bonchev–Trinajstić information content (AvgIpc) is 2.18. The zero-order chi connectivity index (χ0) is 9.68. The van der Waals surface area contributed by atoms with Crippen molar-refractivity contribution in [3.63, 3.8) is 0 Å². The van der Waals surface area contributed by atoms with E-state index in [4.69, 9.17) is 10.1 Å². The zero-order valence-corrected chi connectivity index (χ0v) is 7.37. The molecule has 3 nitrogen and oxygen atoms in total. The van der Waals surface area contributed by atoms with Gasteiger partial charge in [-0.05, 0) is 17.7 Å². The second kappa shape index (κ2) is 4.29. The molecule has 0 aliphatic carbocycles. The number of nitriles is 1. The number of nitrogens with zero attached hydrogens (tertiary/aromatic N) is 1. The van der Waals surface area contributed by atoms with Crippen molar-refractivity contribution in [3.8, 4) is 6.07 Å². The lowest BCUT2D eigenvalue weighted by atomic mass is 10.1. The van der Waals surface area contributed by atoms with Gasteiger partial charge in [-0.25, -0.2) is 0 Å². The van der Waals surface area contributed by atoms with Gasteiger partial charge in [-0.1, -0.05) is 18.7 Å². The second-order valence-corrected chi connectivity index (χ2v) is 2.47. The van der Waals surface area contributed by atoms with E-state index in [1.54, 1.807) is 12.1 Å². The molecule has 1 aromatic carbocycles. The van der Waals surface area contributed by atoms with Gasteiger partial charge in [0.1, 0.15) is 0 Å². The summed E-state index contributed by atoms with van der Waals surface area (Å²) in [5, 5.41) is 8.56. The van der Waals surface area contributed by atoms with Crippen LogP contribution < -0.4 is 5.48 Å². The van der Waals surface area contributed by atoms with E-state index in [1.165, 1.54) is 7.11 Å². The monoisotopic (exact) mass is 174 g/mol. The summed E-state index contributed by atoms with van der Waals surface area (Å²) in [6.45, 7) is 3.75. The fraction of sp³-hybridized carbons (Fsp3) is 0.100. The summed E-state index contributed by atoms with van der Waals surface area (Å²) in [7, 11) is 1.52. The molecule has 0 aliphatic heterocycles. The highest BCUT2D eigenvalue weighted by Crippen LogP contribution is 2.10. The normalized spacial score (nSPS) is 8.92. The van der Waals surface area contributed by atoms with Crippen LogP contribution in [0.3, 0.4) is 0 Å². The number of benzene rings is 1. The number of rotatable bonds is 3. The summed E-state index contributed by atoms with van der Waals surface area (Å²) in [6, 6.07) is 9.14. The average molecular weight is 174 g/mol. The van der Waals surface area contributed by atoms with Gasteiger partial charge >= 0.3 is 0 Å². The van der Waals surface area contributed by atoms with E-state index in [2.05, 4.69) is 12.1 Å². The highest BCUT2D eigenvalue weighted by atomic mass is 16.6. The molecule has 13 heavy (non-hydrogen) atoms. The molecule has 3 heteroatoms. The second-order valence-electron chi connectivity index (χ2n) is 2.47. The van der Waals surface area contributed by atoms with Crippen molar-refractivity contribution in [2.45, 2.75) is 0 Å². The van der Waals surface area contributed by atoms with Crippen LogP contribution in [-0.4, -0.2) is 7.11 Å². The lowest BCUT2D eigenvalue weighted by Gasteiger charge is -2.05. The fourth-order valence-corrected chi connectivity index (χ4v) is 0.928. The van der Waals surface area contributed by atoms with Crippen molar-refractivity contribution in [1.82, 2.24) is 5.48 Å². The smallest absolute Gasteiger partial charge is 0.0991 e. The largest absolute Gasteiger partial charge is 0.279 e. The van der Waals surface area contributed by atoms with E-state index in [0.29, 0.717) is 11.3 Å². The first kappa shape index (κ1) is 9.30. The van der Waals surface area contributed by atoms with E-state index >= 15 is 0 Å². The third kappa shape index (κ3) is 2.32. The molecule has 1 aromatic rings. The van der Waals surface area contributed by atoms with Gasteiger partial charge in [-0.3, -0.25) is 10.3 Å². The lowest BCUT2D eigenvalue weighted by Crippen LogP contribution is -2.08. The Kier molecular flexibility index (Phi) is 3.07. The SMILES string of the molecule is C=C(NOC)c1ccc(C#N)cc1. The summed E-state index contributed by atoms with van der Waals surface area (Å²) < 4.78 is 0. The Hall–Kier alpha value is -1.79. The predicted octanol–water partition coefficient (Wildman–Crippen LogP) is 1.68. The zero-order valence-electron chi connectivity index (χ0n) is 7.37.